The zero-order valence-electron chi connectivity index (χ0n) is 14.6. The summed E-state index contributed by atoms with van der Waals surface area (Å²) in [7, 11) is 4.71. The summed E-state index contributed by atoms with van der Waals surface area (Å²) < 4.78 is 3.93. The summed E-state index contributed by atoms with van der Waals surface area (Å²) in [5.74, 6) is -0.399. The van der Waals surface area contributed by atoms with Crippen LogP contribution in [-0.4, -0.2) is 29.8 Å². The molecule has 9 nitrogen and oxygen atoms in total. The molecule has 25 heavy (non-hydrogen) atoms. The van der Waals surface area contributed by atoms with Crippen molar-refractivity contribution < 1.29 is 4.79 Å². The number of carbonyl (C=O) groups is 1. The highest BCUT2D eigenvalue weighted by atomic mass is 16.2. The van der Waals surface area contributed by atoms with Crippen molar-refractivity contribution in [3.8, 4) is 0 Å². The number of aryl methyl sites for hydroxylation is 3. The van der Waals surface area contributed by atoms with Gasteiger partial charge in [0.25, 0.3) is 11.5 Å². The van der Waals surface area contributed by atoms with Gasteiger partial charge in [-0.05, 0) is 19.9 Å². The van der Waals surface area contributed by atoms with E-state index in [1.165, 1.54) is 30.9 Å². The van der Waals surface area contributed by atoms with Crippen molar-refractivity contribution in [2.75, 3.05) is 5.32 Å². The molecule has 0 aromatic carbocycles. The van der Waals surface area contributed by atoms with Gasteiger partial charge in [-0.1, -0.05) is 0 Å². The van der Waals surface area contributed by atoms with Gasteiger partial charge in [-0.25, -0.2) is 9.78 Å². The number of hydrogen-bond donors (Lipinski definition) is 1. The van der Waals surface area contributed by atoms with Gasteiger partial charge in [0.2, 0.25) is 0 Å². The molecule has 0 radical (unpaired) electrons. The summed E-state index contributed by atoms with van der Waals surface area (Å²) >= 11 is 0. The second-order valence-electron chi connectivity index (χ2n) is 5.92. The van der Waals surface area contributed by atoms with Crippen LogP contribution >= 0.6 is 0 Å². The Balaban J connectivity index is 2.09. The maximum absolute atomic E-state index is 12.6. The number of amides is 1. The zero-order chi connectivity index (χ0) is 18.5. The second kappa shape index (κ2) is 5.69. The fourth-order valence-corrected chi connectivity index (χ4v) is 2.73. The molecule has 9 heteroatoms. The van der Waals surface area contributed by atoms with Crippen LogP contribution in [0.4, 0.5) is 5.69 Å². The third-order valence-corrected chi connectivity index (χ3v) is 4.30. The molecule has 3 rings (SSSR count). The smallest absolute Gasteiger partial charge is 0.319 e. The molecule has 0 aliphatic carbocycles. The van der Waals surface area contributed by atoms with Crippen molar-refractivity contribution in [1.82, 2.24) is 23.9 Å². The molecule has 3 heterocycles. The van der Waals surface area contributed by atoms with Gasteiger partial charge in [0.05, 0.1) is 28.0 Å². The first kappa shape index (κ1) is 16.6. The molecule has 3 aromatic heterocycles. The Morgan fingerprint density at radius 3 is 2.40 bits per heavy atom. The minimum absolute atomic E-state index is 0.205. The number of aromatic nitrogens is 5. The highest BCUT2D eigenvalue weighted by Gasteiger charge is 2.16. The van der Waals surface area contributed by atoms with Crippen LogP contribution in [0.1, 0.15) is 21.7 Å². The standard InChI is InChI=1S/C16H18N6O3/c1-8-12(9(2)22(5)19-8)18-14(23)10-6-11-13(17-7-10)20(3)16(25)21(4)15(11)24/h6-7H,1-5H3,(H,18,23). The minimum Gasteiger partial charge on any atom is -0.319 e. The first-order chi connectivity index (χ1) is 11.7. The number of carbonyl (C=O) groups excluding carboxylic acids is 1. The predicted molar refractivity (Wildman–Crippen MR) is 92.9 cm³/mol. The maximum Gasteiger partial charge on any atom is 0.332 e. The molecule has 1 N–H and O–H groups in total. The molecule has 1 amide bonds. The molecule has 0 aliphatic heterocycles. The summed E-state index contributed by atoms with van der Waals surface area (Å²) in [6, 6.07) is 1.44. The van der Waals surface area contributed by atoms with E-state index in [1.54, 1.807) is 18.7 Å². The monoisotopic (exact) mass is 342 g/mol. The molecule has 3 aromatic rings. The Morgan fingerprint density at radius 1 is 1.12 bits per heavy atom. The van der Waals surface area contributed by atoms with E-state index in [0.717, 1.165) is 10.3 Å². The van der Waals surface area contributed by atoms with Crippen molar-refractivity contribution in [3.05, 3.63) is 50.1 Å². The van der Waals surface area contributed by atoms with Crippen LogP contribution in [0, 0.1) is 13.8 Å². The lowest BCUT2D eigenvalue weighted by Crippen LogP contribution is -2.37. The van der Waals surface area contributed by atoms with E-state index in [0.29, 0.717) is 11.4 Å². The van der Waals surface area contributed by atoms with Gasteiger partial charge in [0, 0.05) is 27.3 Å². The van der Waals surface area contributed by atoms with E-state index in [2.05, 4.69) is 15.4 Å². The lowest BCUT2D eigenvalue weighted by atomic mass is 10.2. The molecule has 0 aliphatic rings. The van der Waals surface area contributed by atoms with Crippen molar-refractivity contribution in [2.24, 2.45) is 21.1 Å². The first-order valence-corrected chi connectivity index (χ1v) is 7.59. The molecular weight excluding hydrogens is 324 g/mol. The molecule has 0 saturated carbocycles. The Labute approximate surface area is 142 Å². The van der Waals surface area contributed by atoms with Gasteiger partial charge >= 0.3 is 5.69 Å². The van der Waals surface area contributed by atoms with Crippen LogP contribution in [0.3, 0.4) is 0 Å². The van der Waals surface area contributed by atoms with E-state index in [4.69, 9.17) is 0 Å². The average Bonchev–Trinajstić information content (AvgIpc) is 2.83. The third-order valence-electron chi connectivity index (χ3n) is 4.30. The lowest BCUT2D eigenvalue weighted by molar-refractivity contribution is 0.102. The SMILES string of the molecule is Cc1nn(C)c(C)c1NC(=O)c1cnc2c(c1)c(=O)n(C)c(=O)n2C. The fourth-order valence-electron chi connectivity index (χ4n) is 2.73. The molecule has 0 unspecified atom stereocenters. The molecule has 0 atom stereocenters. The van der Waals surface area contributed by atoms with Crippen LogP contribution < -0.4 is 16.6 Å². The molecular formula is C16H18N6O3. The summed E-state index contributed by atoms with van der Waals surface area (Å²) in [6.07, 6.45) is 1.34. The van der Waals surface area contributed by atoms with Crippen molar-refractivity contribution >= 4 is 22.6 Å². The van der Waals surface area contributed by atoms with Crippen molar-refractivity contribution in [2.45, 2.75) is 13.8 Å². The van der Waals surface area contributed by atoms with Crippen LogP contribution in [0.15, 0.2) is 21.9 Å². The van der Waals surface area contributed by atoms with Gasteiger partial charge in [-0.15, -0.1) is 0 Å². The summed E-state index contributed by atoms with van der Waals surface area (Å²) in [5, 5.41) is 7.26. The first-order valence-electron chi connectivity index (χ1n) is 7.59. The highest BCUT2D eigenvalue weighted by Crippen LogP contribution is 2.19. The number of rotatable bonds is 2. The quantitative estimate of drug-likeness (QED) is 0.718. The average molecular weight is 342 g/mol. The minimum atomic E-state index is -0.492. The van der Waals surface area contributed by atoms with Gasteiger partial charge in [0.1, 0.15) is 5.65 Å². The second-order valence-corrected chi connectivity index (χ2v) is 5.92. The maximum atomic E-state index is 12.6. The lowest BCUT2D eigenvalue weighted by Gasteiger charge is -2.09. The van der Waals surface area contributed by atoms with Crippen LogP contribution in [0.25, 0.3) is 11.0 Å². The summed E-state index contributed by atoms with van der Waals surface area (Å²) in [4.78, 5) is 40.9. The molecule has 0 fully saturated rings. The van der Waals surface area contributed by atoms with Crippen molar-refractivity contribution in [1.29, 1.82) is 0 Å². The zero-order valence-corrected chi connectivity index (χ0v) is 14.6. The normalized spacial score (nSPS) is 11.1. The number of hydrogen-bond acceptors (Lipinski definition) is 5. The van der Waals surface area contributed by atoms with Crippen molar-refractivity contribution in [3.63, 3.8) is 0 Å². The Kier molecular flexibility index (Phi) is 3.78. The fraction of sp³-hybridized carbons (Fsp3) is 0.312. The Hall–Kier alpha value is -3.23. The van der Waals surface area contributed by atoms with E-state index < -0.39 is 17.2 Å². The molecule has 0 spiro atoms. The van der Waals surface area contributed by atoms with Gasteiger partial charge < -0.3 is 5.32 Å². The Morgan fingerprint density at radius 2 is 1.80 bits per heavy atom. The molecule has 0 saturated heterocycles. The van der Waals surface area contributed by atoms with Gasteiger partial charge in [-0.3, -0.25) is 23.4 Å². The number of pyridine rings is 1. The van der Waals surface area contributed by atoms with Crippen LogP contribution in [-0.2, 0) is 21.1 Å². The number of fused-ring (bicyclic) bond motifs is 1. The van der Waals surface area contributed by atoms with Crippen LogP contribution in [0.2, 0.25) is 0 Å². The van der Waals surface area contributed by atoms with Crippen LogP contribution in [0.5, 0.6) is 0 Å². The van der Waals surface area contributed by atoms with Gasteiger partial charge in [0.15, 0.2) is 0 Å². The van der Waals surface area contributed by atoms with E-state index >= 15 is 0 Å². The van der Waals surface area contributed by atoms with E-state index in [-0.39, 0.29) is 16.6 Å². The molecule has 130 valence electrons. The number of anilines is 1. The molecule has 0 bridgehead atoms. The topological polar surface area (TPSA) is 104 Å². The number of nitrogens with one attached hydrogen (secondary N) is 1. The predicted octanol–water partition coefficient (Wildman–Crippen LogP) is 0.235. The van der Waals surface area contributed by atoms with Gasteiger partial charge in [-0.2, -0.15) is 5.10 Å². The number of nitrogens with zero attached hydrogens (tertiary/aromatic N) is 5. The Bertz CT molecular complexity index is 1140. The highest BCUT2D eigenvalue weighted by molar-refractivity contribution is 6.06. The summed E-state index contributed by atoms with van der Waals surface area (Å²) in [6.45, 7) is 3.65. The van der Waals surface area contributed by atoms with E-state index in [9.17, 15) is 14.4 Å². The van der Waals surface area contributed by atoms with E-state index in [1.807, 2.05) is 6.92 Å². The largest absolute Gasteiger partial charge is 0.332 e. The third kappa shape index (κ3) is 2.53. The summed E-state index contributed by atoms with van der Waals surface area (Å²) in [5.41, 5.74) is 1.64.